The third-order valence-corrected chi connectivity index (χ3v) is 4.60. The average Bonchev–Trinajstić information content (AvgIpc) is 2.41. The minimum Gasteiger partial charge on any atom is -0.277 e. The Kier molecular flexibility index (Phi) is 4.16. The Bertz CT molecular complexity index is 842. The predicted molar refractivity (Wildman–Crippen MR) is 80.7 cm³/mol. The number of halogens is 1. The fourth-order valence-electron chi connectivity index (χ4n) is 1.72. The molecule has 0 aliphatic carbocycles. The van der Waals surface area contributed by atoms with E-state index in [2.05, 4.69) is 9.71 Å². The standard InChI is InChI=1S/C14H12ClN3O2S/c1-9-5-13(14(7-16)17-8-9)18-21(19,20)11-3-4-12(15)10(2)6-11/h3-6,8,18H,1-2H3. The van der Waals surface area contributed by atoms with Crippen molar-refractivity contribution in [1.82, 2.24) is 4.98 Å². The highest BCUT2D eigenvalue weighted by atomic mass is 35.5. The van der Waals surface area contributed by atoms with Gasteiger partial charge in [-0.25, -0.2) is 13.4 Å². The Morgan fingerprint density at radius 2 is 2.00 bits per heavy atom. The second kappa shape index (κ2) is 5.72. The van der Waals surface area contributed by atoms with Gasteiger partial charge in [0.05, 0.1) is 10.6 Å². The number of nitrogens with zero attached hydrogens (tertiary/aromatic N) is 2. The molecule has 0 saturated heterocycles. The van der Waals surface area contributed by atoms with Crippen molar-refractivity contribution in [3.05, 3.63) is 52.3 Å². The monoisotopic (exact) mass is 321 g/mol. The molecule has 1 heterocycles. The number of hydrogen-bond donors (Lipinski definition) is 1. The molecule has 5 nitrogen and oxygen atoms in total. The minimum atomic E-state index is -3.80. The van der Waals surface area contributed by atoms with E-state index in [1.807, 2.05) is 6.07 Å². The van der Waals surface area contributed by atoms with E-state index in [1.165, 1.54) is 24.4 Å². The summed E-state index contributed by atoms with van der Waals surface area (Å²) in [7, 11) is -3.80. The van der Waals surface area contributed by atoms with E-state index < -0.39 is 10.0 Å². The molecule has 1 aromatic carbocycles. The maximum atomic E-state index is 12.4. The molecule has 21 heavy (non-hydrogen) atoms. The molecule has 0 atom stereocenters. The average molecular weight is 322 g/mol. The van der Waals surface area contributed by atoms with Crippen molar-refractivity contribution in [3.8, 4) is 6.07 Å². The Morgan fingerprint density at radius 1 is 1.29 bits per heavy atom. The zero-order valence-corrected chi connectivity index (χ0v) is 13.0. The molecule has 0 spiro atoms. The molecule has 7 heteroatoms. The molecule has 0 aliphatic heterocycles. The second-order valence-corrected chi connectivity index (χ2v) is 6.63. The number of aryl methyl sites for hydroxylation is 2. The van der Waals surface area contributed by atoms with Crippen molar-refractivity contribution >= 4 is 27.3 Å². The predicted octanol–water partition coefficient (Wildman–Crippen LogP) is 3.02. The highest BCUT2D eigenvalue weighted by Crippen LogP contribution is 2.23. The summed E-state index contributed by atoms with van der Waals surface area (Å²) in [6.07, 6.45) is 1.50. The smallest absolute Gasteiger partial charge is 0.261 e. The number of hydrogen-bond acceptors (Lipinski definition) is 4. The van der Waals surface area contributed by atoms with Gasteiger partial charge in [-0.3, -0.25) is 4.72 Å². The van der Waals surface area contributed by atoms with Crippen molar-refractivity contribution in [2.24, 2.45) is 0 Å². The van der Waals surface area contributed by atoms with E-state index in [0.29, 0.717) is 10.6 Å². The fourth-order valence-corrected chi connectivity index (χ4v) is 2.98. The van der Waals surface area contributed by atoms with Crippen molar-refractivity contribution in [2.75, 3.05) is 4.72 Å². The number of anilines is 1. The first-order valence-electron chi connectivity index (χ1n) is 5.99. The number of nitrogens with one attached hydrogen (secondary N) is 1. The van der Waals surface area contributed by atoms with E-state index in [4.69, 9.17) is 16.9 Å². The summed E-state index contributed by atoms with van der Waals surface area (Å²) >= 11 is 5.89. The first-order valence-corrected chi connectivity index (χ1v) is 7.85. The van der Waals surface area contributed by atoms with Crippen LogP contribution in [0.2, 0.25) is 5.02 Å². The van der Waals surface area contributed by atoms with E-state index in [0.717, 1.165) is 5.56 Å². The molecule has 108 valence electrons. The number of sulfonamides is 1. The van der Waals surface area contributed by atoms with Crippen LogP contribution in [0.5, 0.6) is 0 Å². The van der Waals surface area contributed by atoms with Crippen LogP contribution >= 0.6 is 11.6 Å². The maximum absolute atomic E-state index is 12.4. The molecule has 0 radical (unpaired) electrons. The third-order valence-electron chi connectivity index (χ3n) is 2.81. The van der Waals surface area contributed by atoms with Gasteiger partial charge in [-0.2, -0.15) is 5.26 Å². The molecule has 2 rings (SSSR count). The lowest BCUT2D eigenvalue weighted by Crippen LogP contribution is -2.14. The number of aromatic nitrogens is 1. The normalized spacial score (nSPS) is 11.0. The molecule has 0 saturated carbocycles. The van der Waals surface area contributed by atoms with E-state index in [-0.39, 0.29) is 16.3 Å². The zero-order valence-electron chi connectivity index (χ0n) is 11.4. The highest BCUT2D eigenvalue weighted by Gasteiger charge is 2.17. The van der Waals surface area contributed by atoms with Gasteiger partial charge in [0.25, 0.3) is 10.0 Å². The van der Waals surface area contributed by atoms with Gasteiger partial charge in [0.2, 0.25) is 0 Å². The molecule has 1 aromatic heterocycles. The number of rotatable bonds is 3. The summed E-state index contributed by atoms with van der Waals surface area (Å²) in [6, 6.07) is 7.82. The summed E-state index contributed by atoms with van der Waals surface area (Å²) < 4.78 is 27.1. The van der Waals surface area contributed by atoms with Gasteiger partial charge in [0.1, 0.15) is 6.07 Å². The summed E-state index contributed by atoms with van der Waals surface area (Å²) in [4.78, 5) is 3.98. The van der Waals surface area contributed by atoms with Crippen LogP contribution in [0.1, 0.15) is 16.8 Å². The molecule has 0 aliphatic rings. The lowest BCUT2D eigenvalue weighted by molar-refractivity contribution is 0.601. The maximum Gasteiger partial charge on any atom is 0.261 e. The van der Waals surface area contributed by atoms with Crippen LogP contribution in [0, 0.1) is 25.2 Å². The Morgan fingerprint density at radius 3 is 2.62 bits per heavy atom. The van der Waals surface area contributed by atoms with Gasteiger partial charge < -0.3 is 0 Å². The van der Waals surface area contributed by atoms with Crippen LogP contribution in [0.4, 0.5) is 5.69 Å². The van der Waals surface area contributed by atoms with Gasteiger partial charge in [-0.1, -0.05) is 11.6 Å². The molecule has 2 aromatic rings. The van der Waals surface area contributed by atoms with Crippen molar-refractivity contribution in [2.45, 2.75) is 18.7 Å². The van der Waals surface area contributed by atoms with Gasteiger partial charge in [0.15, 0.2) is 5.69 Å². The first kappa shape index (κ1) is 15.3. The first-order chi connectivity index (χ1) is 9.83. The molecular formula is C14H12ClN3O2S. The summed E-state index contributed by atoms with van der Waals surface area (Å²) in [5.41, 5.74) is 1.58. The van der Waals surface area contributed by atoms with Gasteiger partial charge in [-0.05, 0) is 49.2 Å². The molecule has 0 amide bonds. The largest absolute Gasteiger partial charge is 0.277 e. The molecule has 0 bridgehead atoms. The van der Waals surface area contributed by atoms with Gasteiger partial charge >= 0.3 is 0 Å². The van der Waals surface area contributed by atoms with Crippen LogP contribution in [-0.2, 0) is 10.0 Å². The summed E-state index contributed by atoms with van der Waals surface area (Å²) in [5.74, 6) is 0. The minimum absolute atomic E-state index is 0.0230. The Hall–Kier alpha value is -2.10. The van der Waals surface area contributed by atoms with Crippen molar-refractivity contribution in [3.63, 3.8) is 0 Å². The van der Waals surface area contributed by atoms with Crippen LogP contribution < -0.4 is 4.72 Å². The van der Waals surface area contributed by atoms with Crippen LogP contribution in [0.3, 0.4) is 0 Å². The lowest BCUT2D eigenvalue weighted by atomic mass is 10.2. The lowest BCUT2D eigenvalue weighted by Gasteiger charge is -2.10. The van der Waals surface area contributed by atoms with E-state index in [9.17, 15) is 8.42 Å². The van der Waals surface area contributed by atoms with E-state index in [1.54, 1.807) is 19.9 Å². The third kappa shape index (κ3) is 3.32. The SMILES string of the molecule is Cc1cnc(C#N)c(NS(=O)(=O)c2ccc(Cl)c(C)c2)c1. The zero-order chi connectivity index (χ0) is 15.6. The Labute approximate surface area is 128 Å². The quantitative estimate of drug-likeness (QED) is 0.941. The number of pyridine rings is 1. The molecular weight excluding hydrogens is 310 g/mol. The Balaban J connectivity index is 2.45. The summed E-state index contributed by atoms with van der Waals surface area (Å²) in [5, 5.41) is 9.48. The van der Waals surface area contributed by atoms with Crippen LogP contribution in [0.15, 0.2) is 35.4 Å². The van der Waals surface area contributed by atoms with Crippen LogP contribution in [-0.4, -0.2) is 13.4 Å². The van der Waals surface area contributed by atoms with Gasteiger partial charge in [0, 0.05) is 11.2 Å². The highest BCUT2D eigenvalue weighted by molar-refractivity contribution is 7.92. The van der Waals surface area contributed by atoms with Crippen molar-refractivity contribution < 1.29 is 8.42 Å². The molecule has 0 fully saturated rings. The summed E-state index contributed by atoms with van der Waals surface area (Å²) in [6.45, 7) is 3.48. The van der Waals surface area contributed by atoms with Crippen LogP contribution in [0.25, 0.3) is 0 Å². The number of benzene rings is 1. The topological polar surface area (TPSA) is 82.8 Å². The second-order valence-electron chi connectivity index (χ2n) is 4.54. The fraction of sp³-hybridized carbons (Fsp3) is 0.143. The van der Waals surface area contributed by atoms with Gasteiger partial charge in [-0.15, -0.1) is 0 Å². The number of nitriles is 1. The van der Waals surface area contributed by atoms with E-state index >= 15 is 0 Å². The van der Waals surface area contributed by atoms with Crippen molar-refractivity contribution in [1.29, 1.82) is 5.26 Å². The molecule has 0 unspecified atom stereocenters. The molecule has 1 N–H and O–H groups in total.